The topological polar surface area (TPSA) is 57.6 Å². The second kappa shape index (κ2) is 5.24. The van der Waals surface area contributed by atoms with Gasteiger partial charge in [0.2, 0.25) is 10.0 Å². The Balaban J connectivity index is 2.32. The normalized spacial score (nSPS) is 22.1. The highest BCUT2D eigenvalue weighted by atomic mass is 79.9. The summed E-state index contributed by atoms with van der Waals surface area (Å²) in [4.78, 5) is -0.0858. The zero-order valence-electron chi connectivity index (χ0n) is 9.51. The number of piperidine rings is 1. The lowest BCUT2D eigenvalue weighted by Crippen LogP contribution is -2.42. The minimum absolute atomic E-state index is 0.0695. The van der Waals surface area contributed by atoms with Crippen molar-refractivity contribution in [3.8, 4) is 0 Å². The van der Waals surface area contributed by atoms with Gasteiger partial charge >= 0.3 is 0 Å². The Labute approximate surface area is 114 Å². The fraction of sp³-hybridized carbons (Fsp3) is 0.455. The average molecular weight is 338 g/mol. The van der Waals surface area contributed by atoms with E-state index < -0.39 is 21.9 Å². The van der Waals surface area contributed by atoms with Crippen molar-refractivity contribution < 1.29 is 17.9 Å². The van der Waals surface area contributed by atoms with Gasteiger partial charge in [0, 0.05) is 13.1 Å². The van der Waals surface area contributed by atoms with Gasteiger partial charge in [-0.05, 0) is 47.0 Å². The van der Waals surface area contributed by atoms with E-state index in [0.717, 1.165) is 6.07 Å². The van der Waals surface area contributed by atoms with Crippen LogP contribution in [0, 0.1) is 5.82 Å². The number of β-amino-alcohol motifs (C(OH)–C–C–N with tert-alkyl or cyclic N) is 1. The van der Waals surface area contributed by atoms with E-state index in [1.165, 1.54) is 16.4 Å². The van der Waals surface area contributed by atoms with Gasteiger partial charge in [-0.15, -0.1) is 0 Å². The first kappa shape index (κ1) is 13.9. The standard InChI is InChI=1S/C11H13BrFNO3S/c12-10-4-3-9(6-11(10)13)18(16,17)14-5-1-2-8(15)7-14/h3-4,6,8,15H,1-2,5,7H2. The van der Waals surface area contributed by atoms with Crippen molar-refractivity contribution in [2.24, 2.45) is 0 Å². The summed E-state index contributed by atoms with van der Waals surface area (Å²) in [5, 5.41) is 9.50. The number of rotatable bonds is 2. The first-order valence-corrected chi connectivity index (χ1v) is 7.78. The minimum Gasteiger partial charge on any atom is -0.392 e. The highest BCUT2D eigenvalue weighted by Crippen LogP contribution is 2.24. The molecule has 0 aromatic heterocycles. The van der Waals surface area contributed by atoms with Crippen LogP contribution in [0.15, 0.2) is 27.6 Å². The van der Waals surface area contributed by atoms with Crippen LogP contribution in [0.5, 0.6) is 0 Å². The maximum atomic E-state index is 13.4. The number of aliphatic hydroxyl groups is 1. The fourth-order valence-corrected chi connectivity index (χ4v) is 3.70. The number of hydrogen-bond donors (Lipinski definition) is 1. The quantitative estimate of drug-likeness (QED) is 0.894. The number of hydrogen-bond acceptors (Lipinski definition) is 3. The third-order valence-electron chi connectivity index (χ3n) is 2.89. The lowest BCUT2D eigenvalue weighted by Gasteiger charge is -2.29. The Hall–Kier alpha value is -0.500. The lowest BCUT2D eigenvalue weighted by molar-refractivity contribution is 0.108. The first-order chi connectivity index (χ1) is 8.41. The molecule has 1 saturated heterocycles. The second-order valence-corrected chi connectivity index (χ2v) is 7.03. The molecule has 1 aromatic rings. The van der Waals surface area contributed by atoms with Crippen LogP contribution in [0.4, 0.5) is 4.39 Å². The third kappa shape index (κ3) is 2.74. The molecule has 1 heterocycles. The third-order valence-corrected chi connectivity index (χ3v) is 5.39. The molecule has 1 fully saturated rings. The Kier molecular flexibility index (Phi) is 4.05. The van der Waals surface area contributed by atoms with Gasteiger partial charge in [0.15, 0.2) is 0 Å². The maximum absolute atomic E-state index is 13.4. The van der Waals surface area contributed by atoms with Gasteiger partial charge in [0.05, 0.1) is 15.5 Å². The zero-order valence-corrected chi connectivity index (χ0v) is 11.9. The Morgan fingerprint density at radius 2 is 2.17 bits per heavy atom. The lowest BCUT2D eigenvalue weighted by atomic mass is 10.1. The predicted molar refractivity (Wildman–Crippen MR) is 68.1 cm³/mol. The van der Waals surface area contributed by atoms with Crippen LogP contribution in [-0.4, -0.2) is 37.0 Å². The van der Waals surface area contributed by atoms with E-state index in [9.17, 15) is 17.9 Å². The Morgan fingerprint density at radius 1 is 1.44 bits per heavy atom. The highest BCUT2D eigenvalue weighted by molar-refractivity contribution is 9.10. The van der Waals surface area contributed by atoms with Crippen LogP contribution in [0.3, 0.4) is 0 Å². The van der Waals surface area contributed by atoms with Crippen molar-refractivity contribution in [1.82, 2.24) is 4.31 Å². The minimum atomic E-state index is -3.72. The van der Waals surface area contributed by atoms with Crippen LogP contribution in [0.2, 0.25) is 0 Å². The van der Waals surface area contributed by atoms with E-state index in [1.54, 1.807) is 0 Å². The zero-order chi connectivity index (χ0) is 13.3. The molecule has 100 valence electrons. The van der Waals surface area contributed by atoms with E-state index in [-0.39, 0.29) is 15.9 Å². The van der Waals surface area contributed by atoms with E-state index in [1.807, 2.05) is 0 Å². The molecule has 0 spiro atoms. The van der Waals surface area contributed by atoms with Crippen LogP contribution in [0.1, 0.15) is 12.8 Å². The first-order valence-electron chi connectivity index (χ1n) is 5.54. The summed E-state index contributed by atoms with van der Waals surface area (Å²) in [5.74, 6) is -0.617. The number of benzene rings is 1. The molecule has 2 rings (SSSR count). The molecule has 1 N–H and O–H groups in total. The molecule has 0 amide bonds. The molecular formula is C11H13BrFNO3S. The van der Waals surface area contributed by atoms with Crippen molar-refractivity contribution in [2.75, 3.05) is 13.1 Å². The predicted octanol–water partition coefficient (Wildman–Crippen LogP) is 1.73. The summed E-state index contributed by atoms with van der Waals surface area (Å²) in [6, 6.07) is 3.70. The van der Waals surface area contributed by atoms with Gasteiger partial charge in [-0.25, -0.2) is 12.8 Å². The van der Waals surface area contributed by atoms with Gasteiger partial charge in [-0.2, -0.15) is 4.31 Å². The largest absolute Gasteiger partial charge is 0.392 e. The Bertz CT molecular complexity index is 549. The molecule has 4 nitrogen and oxygen atoms in total. The molecule has 1 atom stereocenters. The van der Waals surface area contributed by atoms with Gasteiger partial charge in [0.25, 0.3) is 0 Å². The van der Waals surface area contributed by atoms with Crippen LogP contribution in [-0.2, 0) is 10.0 Å². The highest BCUT2D eigenvalue weighted by Gasteiger charge is 2.29. The molecule has 0 aliphatic carbocycles. The van der Waals surface area contributed by atoms with Gasteiger partial charge in [-0.3, -0.25) is 0 Å². The monoisotopic (exact) mass is 337 g/mol. The molecule has 1 unspecified atom stereocenters. The summed E-state index contributed by atoms with van der Waals surface area (Å²) in [7, 11) is -3.72. The fourth-order valence-electron chi connectivity index (χ4n) is 1.93. The molecule has 0 saturated carbocycles. The van der Waals surface area contributed by atoms with Crippen molar-refractivity contribution >= 4 is 26.0 Å². The molecule has 1 aliphatic rings. The molecule has 1 aromatic carbocycles. The molecule has 0 radical (unpaired) electrons. The van der Waals surface area contributed by atoms with E-state index in [4.69, 9.17) is 0 Å². The summed E-state index contributed by atoms with van der Waals surface area (Å²) < 4.78 is 39.3. The van der Waals surface area contributed by atoms with Crippen molar-refractivity contribution in [2.45, 2.75) is 23.8 Å². The number of halogens is 2. The Morgan fingerprint density at radius 3 is 2.78 bits per heavy atom. The van der Waals surface area contributed by atoms with Crippen LogP contribution in [0.25, 0.3) is 0 Å². The van der Waals surface area contributed by atoms with E-state index >= 15 is 0 Å². The van der Waals surface area contributed by atoms with Crippen LogP contribution >= 0.6 is 15.9 Å². The van der Waals surface area contributed by atoms with Gasteiger partial charge in [0.1, 0.15) is 5.82 Å². The number of sulfonamides is 1. The van der Waals surface area contributed by atoms with Gasteiger partial charge < -0.3 is 5.11 Å². The molecule has 18 heavy (non-hydrogen) atoms. The molecule has 1 aliphatic heterocycles. The van der Waals surface area contributed by atoms with E-state index in [0.29, 0.717) is 19.4 Å². The SMILES string of the molecule is O=S(=O)(c1ccc(Br)c(F)c1)N1CCCC(O)C1. The smallest absolute Gasteiger partial charge is 0.243 e. The van der Waals surface area contributed by atoms with Crippen molar-refractivity contribution in [1.29, 1.82) is 0 Å². The summed E-state index contributed by atoms with van der Waals surface area (Å²) >= 11 is 2.98. The van der Waals surface area contributed by atoms with E-state index in [2.05, 4.69) is 15.9 Å². The summed E-state index contributed by atoms with van der Waals surface area (Å²) in [5.41, 5.74) is 0. The second-order valence-electron chi connectivity index (χ2n) is 4.24. The average Bonchev–Trinajstić information content (AvgIpc) is 2.32. The summed E-state index contributed by atoms with van der Waals surface area (Å²) in [6.07, 6.45) is 0.564. The molecule has 7 heteroatoms. The molecular weight excluding hydrogens is 325 g/mol. The van der Waals surface area contributed by atoms with Crippen molar-refractivity contribution in [3.63, 3.8) is 0 Å². The maximum Gasteiger partial charge on any atom is 0.243 e. The van der Waals surface area contributed by atoms with Crippen molar-refractivity contribution in [3.05, 3.63) is 28.5 Å². The summed E-state index contributed by atoms with van der Waals surface area (Å²) in [6.45, 7) is 0.428. The van der Waals surface area contributed by atoms with Gasteiger partial charge in [-0.1, -0.05) is 0 Å². The number of aliphatic hydroxyl groups excluding tert-OH is 1. The molecule has 0 bridgehead atoms. The number of nitrogens with zero attached hydrogens (tertiary/aromatic N) is 1. The van der Waals surface area contributed by atoms with Crippen LogP contribution < -0.4 is 0 Å².